The van der Waals surface area contributed by atoms with Gasteiger partial charge in [-0.05, 0) is 156 Å². The summed E-state index contributed by atoms with van der Waals surface area (Å²) in [5, 5.41) is 0. The van der Waals surface area contributed by atoms with Crippen molar-refractivity contribution in [3.63, 3.8) is 0 Å². The van der Waals surface area contributed by atoms with Crippen LogP contribution in [-0.2, 0) is 0 Å². The summed E-state index contributed by atoms with van der Waals surface area (Å²) in [6.07, 6.45) is 5.64. The zero-order valence-electron chi connectivity index (χ0n) is 40.4. The van der Waals surface area contributed by atoms with Crippen LogP contribution in [0.3, 0.4) is 0 Å². The van der Waals surface area contributed by atoms with E-state index in [1.165, 1.54) is 11.1 Å². The predicted octanol–water partition coefficient (Wildman–Crippen LogP) is 18.5. The molecule has 0 amide bonds. The zero-order chi connectivity index (χ0) is 48.9. The molecule has 3 heteroatoms. The van der Waals surface area contributed by atoms with E-state index in [2.05, 4.69) is 255 Å². The van der Waals surface area contributed by atoms with E-state index >= 15 is 0 Å². The van der Waals surface area contributed by atoms with Gasteiger partial charge in [-0.2, -0.15) is 0 Å². The molecular weight excluding hydrogens is 883 g/mol. The molecule has 9 aromatic carbocycles. The SMILES string of the molecule is Cc1ccc(-c2ccc(-c3ccccc3-c3cc(-c4ccccc4-c4ccc(-c5ccccn5)cc4)cc(-c4ccccc4-c4ccc(-c5ccccn5)cc4-c4ccc(-c5ccccc5)cc4)c3)cc2)nc1. The topological polar surface area (TPSA) is 38.7 Å². The van der Waals surface area contributed by atoms with Crippen LogP contribution < -0.4 is 0 Å². The molecule has 344 valence electrons. The second kappa shape index (κ2) is 20.0. The van der Waals surface area contributed by atoms with Crippen molar-refractivity contribution in [2.24, 2.45) is 0 Å². The van der Waals surface area contributed by atoms with Crippen molar-refractivity contribution in [1.29, 1.82) is 0 Å². The van der Waals surface area contributed by atoms with E-state index < -0.39 is 0 Å². The summed E-state index contributed by atoms with van der Waals surface area (Å²) in [4.78, 5) is 14.1. The summed E-state index contributed by atoms with van der Waals surface area (Å²) in [5.74, 6) is 0. The average Bonchev–Trinajstić information content (AvgIpc) is 3.48. The summed E-state index contributed by atoms with van der Waals surface area (Å²) in [6, 6.07) is 93.9. The highest BCUT2D eigenvalue weighted by Crippen LogP contribution is 2.45. The summed E-state index contributed by atoms with van der Waals surface area (Å²) in [5.41, 5.74) is 25.6. The van der Waals surface area contributed by atoms with Crippen molar-refractivity contribution in [2.75, 3.05) is 0 Å². The first kappa shape index (κ1) is 44.6. The number of benzene rings is 9. The van der Waals surface area contributed by atoms with Gasteiger partial charge in [-0.25, -0.2) is 0 Å². The summed E-state index contributed by atoms with van der Waals surface area (Å²) in [7, 11) is 0. The van der Waals surface area contributed by atoms with Crippen molar-refractivity contribution in [2.45, 2.75) is 6.92 Å². The molecule has 0 unspecified atom stereocenters. The Morgan fingerprint density at radius 1 is 0.205 bits per heavy atom. The Morgan fingerprint density at radius 2 is 0.562 bits per heavy atom. The molecule has 3 aromatic heterocycles. The normalized spacial score (nSPS) is 11.1. The van der Waals surface area contributed by atoms with E-state index in [-0.39, 0.29) is 0 Å². The quantitative estimate of drug-likeness (QED) is 0.130. The van der Waals surface area contributed by atoms with Gasteiger partial charge in [-0.15, -0.1) is 0 Å². The van der Waals surface area contributed by atoms with Gasteiger partial charge in [0.25, 0.3) is 0 Å². The summed E-state index contributed by atoms with van der Waals surface area (Å²) in [6.45, 7) is 2.07. The number of aromatic nitrogens is 3. The molecule has 3 nitrogen and oxygen atoms in total. The highest BCUT2D eigenvalue weighted by Gasteiger charge is 2.19. The molecule has 3 heterocycles. The minimum Gasteiger partial charge on any atom is -0.256 e. The lowest BCUT2D eigenvalue weighted by Gasteiger charge is -2.19. The molecule has 0 atom stereocenters. The second-order valence-corrected chi connectivity index (χ2v) is 18.4. The lowest BCUT2D eigenvalue weighted by molar-refractivity contribution is 1.27. The van der Waals surface area contributed by atoms with Crippen molar-refractivity contribution in [1.82, 2.24) is 15.0 Å². The van der Waals surface area contributed by atoms with Crippen molar-refractivity contribution >= 4 is 0 Å². The van der Waals surface area contributed by atoms with Crippen LogP contribution in [0, 0.1) is 6.92 Å². The predicted molar refractivity (Wildman–Crippen MR) is 304 cm³/mol. The maximum atomic E-state index is 4.77. The molecule has 0 aliphatic rings. The number of aryl methyl sites for hydroxylation is 1. The Morgan fingerprint density at radius 3 is 1.04 bits per heavy atom. The third kappa shape index (κ3) is 9.32. The van der Waals surface area contributed by atoms with Gasteiger partial charge in [0.05, 0.1) is 17.1 Å². The number of nitrogens with zero attached hydrogens (tertiary/aromatic N) is 3. The molecule has 0 saturated carbocycles. The van der Waals surface area contributed by atoms with Crippen LogP contribution in [0.1, 0.15) is 5.56 Å². The van der Waals surface area contributed by atoms with Crippen LogP contribution in [0.15, 0.2) is 279 Å². The van der Waals surface area contributed by atoms with Crippen LogP contribution in [0.4, 0.5) is 0 Å². The first-order valence-corrected chi connectivity index (χ1v) is 24.8. The van der Waals surface area contributed by atoms with Gasteiger partial charge >= 0.3 is 0 Å². The molecule has 0 N–H and O–H groups in total. The Labute approximate surface area is 427 Å². The number of pyridine rings is 3. The lowest BCUT2D eigenvalue weighted by atomic mass is 9.84. The van der Waals surface area contributed by atoms with Gasteiger partial charge in [-0.3, -0.25) is 15.0 Å². The molecule has 0 bridgehead atoms. The van der Waals surface area contributed by atoms with Crippen LogP contribution >= 0.6 is 0 Å². The van der Waals surface area contributed by atoms with Crippen LogP contribution in [0.5, 0.6) is 0 Å². The Hall–Kier alpha value is -9.57. The zero-order valence-corrected chi connectivity index (χ0v) is 40.4. The summed E-state index contributed by atoms with van der Waals surface area (Å²) >= 11 is 0. The third-order valence-electron chi connectivity index (χ3n) is 13.8. The van der Waals surface area contributed by atoms with E-state index in [4.69, 9.17) is 9.97 Å². The van der Waals surface area contributed by atoms with E-state index in [9.17, 15) is 0 Å². The first-order valence-electron chi connectivity index (χ1n) is 24.8. The maximum absolute atomic E-state index is 4.77. The fraction of sp³-hybridized carbons (Fsp3) is 0.0143. The third-order valence-corrected chi connectivity index (χ3v) is 13.8. The average molecular weight is 932 g/mol. The summed E-state index contributed by atoms with van der Waals surface area (Å²) < 4.78 is 0. The van der Waals surface area contributed by atoms with Crippen molar-refractivity contribution < 1.29 is 0 Å². The smallest absolute Gasteiger partial charge is 0.0702 e. The Balaban J connectivity index is 1.03. The largest absolute Gasteiger partial charge is 0.256 e. The fourth-order valence-electron chi connectivity index (χ4n) is 10.0. The Bertz CT molecular complexity index is 3850. The van der Waals surface area contributed by atoms with Crippen LogP contribution in [0.2, 0.25) is 0 Å². The second-order valence-electron chi connectivity index (χ2n) is 18.4. The monoisotopic (exact) mass is 931 g/mol. The molecule has 0 aliphatic carbocycles. The molecular formula is C70H49N3. The van der Waals surface area contributed by atoms with Gasteiger partial charge in [0.15, 0.2) is 0 Å². The molecule has 0 aliphatic heterocycles. The molecule has 73 heavy (non-hydrogen) atoms. The Kier molecular flexibility index (Phi) is 12.2. The molecule has 0 spiro atoms. The number of hydrogen-bond donors (Lipinski definition) is 0. The molecule has 12 rings (SSSR count). The molecule has 12 aromatic rings. The van der Waals surface area contributed by atoms with Gasteiger partial charge in [0, 0.05) is 35.3 Å². The van der Waals surface area contributed by atoms with Crippen LogP contribution in [-0.4, -0.2) is 15.0 Å². The first-order chi connectivity index (χ1) is 36.1. The van der Waals surface area contributed by atoms with Crippen molar-refractivity contribution in [3.05, 3.63) is 285 Å². The minimum atomic E-state index is 0.937. The van der Waals surface area contributed by atoms with E-state index in [1.807, 2.05) is 36.8 Å². The number of hydrogen-bond acceptors (Lipinski definition) is 3. The van der Waals surface area contributed by atoms with E-state index in [1.54, 1.807) is 0 Å². The van der Waals surface area contributed by atoms with E-state index in [0.717, 1.165) is 117 Å². The fourth-order valence-corrected chi connectivity index (χ4v) is 10.0. The van der Waals surface area contributed by atoms with E-state index in [0.29, 0.717) is 0 Å². The highest BCUT2D eigenvalue weighted by molar-refractivity contribution is 5.97. The van der Waals surface area contributed by atoms with Gasteiger partial charge in [-0.1, -0.05) is 206 Å². The van der Waals surface area contributed by atoms with Crippen molar-refractivity contribution in [3.8, 4) is 123 Å². The minimum absolute atomic E-state index is 0.937. The highest BCUT2D eigenvalue weighted by atomic mass is 14.7. The van der Waals surface area contributed by atoms with Gasteiger partial charge in [0.2, 0.25) is 0 Å². The van der Waals surface area contributed by atoms with Gasteiger partial charge in [0.1, 0.15) is 0 Å². The maximum Gasteiger partial charge on any atom is 0.0702 e. The molecule has 0 fully saturated rings. The van der Waals surface area contributed by atoms with Crippen LogP contribution in [0.25, 0.3) is 123 Å². The molecule has 0 radical (unpaired) electrons. The standard InChI is InChI=1S/C70H49N3/c1-48-25-40-70(73-47-48)55-36-32-52(33-37-55)61-18-6-8-20-63(61)58-43-57(62-19-7-5-17-60(62)51-30-34-54(35-31-51)68-23-11-13-41-71-68)44-59(45-58)64-21-9-10-22-65(64)66-39-38-56(69-24-12-14-42-72-69)46-67(66)53-28-26-50(27-29-53)49-15-3-2-4-16-49/h2-47H,1H3. The lowest BCUT2D eigenvalue weighted by Crippen LogP contribution is -1.94. The van der Waals surface area contributed by atoms with Gasteiger partial charge < -0.3 is 0 Å². The number of rotatable bonds is 11. The molecule has 0 saturated heterocycles.